The van der Waals surface area contributed by atoms with Crippen LogP contribution in [0.1, 0.15) is 43.7 Å². The van der Waals surface area contributed by atoms with E-state index in [1.165, 1.54) is 0 Å². The van der Waals surface area contributed by atoms with Crippen molar-refractivity contribution in [3.63, 3.8) is 0 Å². The van der Waals surface area contributed by atoms with Gasteiger partial charge in [0.25, 0.3) is 0 Å². The van der Waals surface area contributed by atoms with Crippen molar-refractivity contribution in [3.8, 4) is 0 Å². The maximum Gasteiger partial charge on any atom is 0.416 e. The number of benzene rings is 1. The molecular formula is C21H27F6N3O3S. The summed E-state index contributed by atoms with van der Waals surface area (Å²) in [4.78, 5) is 12.7. The molecule has 4 atom stereocenters. The molecule has 2 aliphatic rings. The number of amides is 1. The normalized spacial score (nSPS) is 25.0. The Morgan fingerprint density at radius 3 is 2.12 bits per heavy atom. The minimum Gasteiger partial charge on any atom is -0.368 e. The number of nitrogens with two attached hydrogens (primary N) is 1. The number of carbonyl (C=O) groups is 1. The topological polar surface area (TPSA) is 83.7 Å². The second-order valence-electron chi connectivity index (χ2n) is 9.00. The van der Waals surface area contributed by atoms with Crippen molar-refractivity contribution in [2.75, 3.05) is 20.1 Å². The number of hydrogen-bond donors (Lipinski definition) is 1. The summed E-state index contributed by atoms with van der Waals surface area (Å²) < 4.78 is 107. The molecule has 1 amide bonds. The molecule has 2 fully saturated rings. The first-order chi connectivity index (χ1) is 15.6. The van der Waals surface area contributed by atoms with Gasteiger partial charge in [-0.3, -0.25) is 9.69 Å². The number of sulfonamides is 1. The third-order valence-corrected chi connectivity index (χ3v) is 8.70. The lowest BCUT2D eigenvalue weighted by Gasteiger charge is -2.34. The van der Waals surface area contributed by atoms with E-state index in [4.69, 9.17) is 5.73 Å². The number of halogens is 6. The van der Waals surface area contributed by atoms with E-state index < -0.39 is 50.3 Å². The molecule has 1 saturated carbocycles. The highest BCUT2D eigenvalue weighted by atomic mass is 32.2. The molecule has 0 radical (unpaired) electrons. The Hall–Kier alpha value is -1.86. The van der Waals surface area contributed by atoms with Crippen molar-refractivity contribution in [1.82, 2.24) is 9.21 Å². The van der Waals surface area contributed by atoms with Gasteiger partial charge in [0.1, 0.15) is 0 Å². The van der Waals surface area contributed by atoms with E-state index in [9.17, 15) is 39.6 Å². The standard InChI is InChI=1S/C21H27F6N3O3S/c1-3-4-18(19(28)31)29(2)17-6-5-12-10-30(11-16(12)17)34(32,33)15-8-13(20(22,23)24)7-14(9-15)21(25,26)27/h7-9,12,16-18H,3-6,10-11H2,1-2H3,(H2,28,31)/t12-,16+,17+,18+/m1/s1. The highest BCUT2D eigenvalue weighted by Crippen LogP contribution is 2.44. The third-order valence-electron chi connectivity index (χ3n) is 6.89. The van der Waals surface area contributed by atoms with Crippen LogP contribution < -0.4 is 5.73 Å². The molecule has 1 saturated heterocycles. The van der Waals surface area contributed by atoms with Gasteiger partial charge in [-0.2, -0.15) is 30.6 Å². The molecule has 1 heterocycles. The van der Waals surface area contributed by atoms with Crippen molar-refractivity contribution in [3.05, 3.63) is 29.3 Å². The van der Waals surface area contributed by atoms with Crippen LogP contribution in [0.15, 0.2) is 23.1 Å². The third kappa shape index (κ3) is 5.20. The van der Waals surface area contributed by atoms with E-state index in [0.717, 1.165) is 4.31 Å². The first-order valence-corrected chi connectivity index (χ1v) is 12.3. The Labute approximate surface area is 194 Å². The van der Waals surface area contributed by atoms with Crippen molar-refractivity contribution in [2.45, 2.75) is 61.9 Å². The van der Waals surface area contributed by atoms with Crippen LogP contribution in [0.25, 0.3) is 0 Å². The van der Waals surface area contributed by atoms with Gasteiger partial charge in [-0.05, 0) is 56.3 Å². The first kappa shape index (κ1) is 26.7. The summed E-state index contributed by atoms with van der Waals surface area (Å²) in [6.45, 7) is 1.83. The maximum atomic E-state index is 13.2. The number of alkyl halides is 6. The van der Waals surface area contributed by atoms with E-state index in [2.05, 4.69) is 0 Å². The fourth-order valence-corrected chi connectivity index (χ4v) is 6.78. The number of primary amides is 1. The van der Waals surface area contributed by atoms with Gasteiger partial charge in [0.15, 0.2) is 0 Å². The van der Waals surface area contributed by atoms with Gasteiger partial charge in [0.2, 0.25) is 15.9 Å². The van der Waals surface area contributed by atoms with Gasteiger partial charge in [0.05, 0.1) is 22.1 Å². The molecule has 1 aromatic carbocycles. The summed E-state index contributed by atoms with van der Waals surface area (Å²) in [5, 5.41) is 0. The van der Waals surface area contributed by atoms with Crippen LogP contribution in [-0.2, 0) is 27.2 Å². The average molecular weight is 516 g/mol. The van der Waals surface area contributed by atoms with Crippen LogP contribution in [-0.4, -0.2) is 55.8 Å². The Morgan fingerprint density at radius 1 is 1.09 bits per heavy atom. The lowest BCUT2D eigenvalue weighted by Crippen LogP contribution is -2.49. The van der Waals surface area contributed by atoms with Crippen LogP contribution in [0, 0.1) is 11.8 Å². The summed E-state index contributed by atoms with van der Waals surface area (Å²) in [5.74, 6) is -0.837. The molecule has 0 bridgehead atoms. The number of nitrogens with zero attached hydrogens (tertiary/aromatic N) is 2. The zero-order valence-electron chi connectivity index (χ0n) is 18.7. The molecule has 0 aromatic heterocycles. The molecule has 13 heteroatoms. The number of rotatable bonds is 7. The number of fused-ring (bicyclic) bond motifs is 1. The van der Waals surface area contributed by atoms with Crippen molar-refractivity contribution in [2.24, 2.45) is 17.6 Å². The highest BCUT2D eigenvalue weighted by Gasteiger charge is 2.49. The summed E-state index contributed by atoms with van der Waals surface area (Å²) in [5.41, 5.74) is 2.17. The van der Waals surface area contributed by atoms with Gasteiger partial charge in [-0.25, -0.2) is 8.42 Å². The summed E-state index contributed by atoms with van der Waals surface area (Å²) >= 11 is 0. The van der Waals surface area contributed by atoms with E-state index in [0.29, 0.717) is 25.7 Å². The van der Waals surface area contributed by atoms with Crippen LogP contribution in [0.5, 0.6) is 0 Å². The molecule has 192 valence electrons. The van der Waals surface area contributed by atoms with Crippen LogP contribution in [0.2, 0.25) is 0 Å². The van der Waals surface area contributed by atoms with Crippen LogP contribution >= 0.6 is 0 Å². The monoisotopic (exact) mass is 515 g/mol. The SMILES string of the molecule is CCC[C@@H](C(N)=O)N(C)[C@H]1CC[C@@H]2CN(S(=O)(=O)c3cc(C(F)(F)F)cc(C(F)(F)F)c3)C[C@@H]21. The fraction of sp³-hybridized carbons (Fsp3) is 0.667. The molecule has 0 spiro atoms. The predicted molar refractivity (Wildman–Crippen MR) is 111 cm³/mol. The molecule has 3 rings (SSSR count). The van der Waals surface area contributed by atoms with Crippen molar-refractivity contribution < 1.29 is 39.6 Å². The minimum absolute atomic E-state index is 0.00997. The Bertz CT molecular complexity index is 995. The van der Waals surface area contributed by atoms with E-state index >= 15 is 0 Å². The molecule has 2 N–H and O–H groups in total. The lowest BCUT2D eigenvalue weighted by atomic mass is 9.95. The Balaban J connectivity index is 1.90. The first-order valence-electron chi connectivity index (χ1n) is 10.9. The molecular weight excluding hydrogens is 488 g/mol. The summed E-state index contributed by atoms with van der Waals surface area (Å²) in [6, 6.07) is -0.335. The zero-order valence-corrected chi connectivity index (χ0v) is 19.5. The highest BCUT2D eigenvalue weighted by molar-refractivity contribution is 7.89. The van der Waals surface area contributed by atoms with E-state index in [1.807, 2.05) is 11.8 Å². The van der Waals surface area contributed by atoms with Crippen LogP contribution in [0.4, 0.5) is 26.3 Å². The smallest absolute Gasteiger partial charge is 0.368 e. The lowest BCUT2D eigenvalue weighted by molar-refractivity contribution is -0.143. The number of hydrogen-bond acceptors (Lipinski definition) is 4. The zero-order chi connectivity index (χ0) is 25.6. The van der Waals surface area contributed by atoms with Crippen molar-refractivity contribution >= 4 is 15.9 Å². The van der Waals surface area contributed by atoms with Gasteiger partial charge < -0.3 is 5.73 Å². The molecule has 34 heavy (non-hydrogen) atoms. The largest absolute Gasteiger partial charge is 0.416 e. The van der Waals surface area contributed by atoms with E-state index in [1.54, 1.807) is 7.05 Å². The van der Waals surface area contributed by atoms with Gasteiger partial charge in [-0.15, -0.1) is 0 Å². The second kappa shape index (κ2) is 9.30. The van der Waals surface area contributed by atoms with Crippen LogP contribution in [0.3, 0.4) is 0 Å². The van der Waals surface area contributed by atoms with Gasteiger partial charge in [-0.1, -0.05) is 13.3 Å². The number of carbonyl (C=O) groups excluding carboxylic acids is 1. The predicted octanol–water partition coefficient (Wildman–Crippen LogP) is 3.71. The van der Waals surface area contributed by atoms with Gasteiger partial charge >= 0.3 is 12.4 Å². The molecule has 1 aliphatic heterocycles. The molecule has 0 unspecified atom stereocenters. The number of likely N-dealkylation sites (N-methyl/N-ethyl adjacent to an activating group) is 1. The second-order valence-corrected chi connectivity index (χ2v) is 10.9. The average Bonchev–Trinajstić information content (AvgIpc) is 3.31. The quantitative estimate of drug-likeness (QED) is 0.562. The fourth-order valence-electron chi connectivity index (χ4n) is 5.17. The molecule has 6 nitrogen and oxygen atoms in total. The van der Waals surface area contributed by atoms with Crippen molar-refractivity contribution in [1.29, 1.82) is 0 Å². The molecule has 1 aliphatic carbocycles. The molecule has 1 aromatic rings. The summed E-state index contributed by atoms with van der Waals surface area (Å²) in [6.07, 6.45) is -7.76. The Kier molecular flexibility index (Phi) is 7.32. The minimum atomic E-state index is -5.15. The maximum absolute atomic E-state index is 13.2. The van der Waals surface area contributed by atoms with Gasteiger partial charge in [0, 0.05) is 19.1 Å². The Morgan fingerprint density at radius 2 is 1.65 bits per heavy atom. The summed E-state index contributed by atoms with van der Waals surface area (Å²) in [7, 11) is -2.89. The van der Waals surface area contributed by atoms with E-state index in [-0.39, 0.29) is 49.2 Å².